The largest absolute Gasteiger partial charge is 0.572 e. The first-order valence-corrected chi connectivity index (χ1v) is 8.25. The van der Waals surface area contributed by atoms with Crippen molar-refractivity contribution in [2.24, 2.45) is 0 Å². The van der Waals surface area contributed by atoms with Gasteiger partial charge in [-0.2, -0.15) is 0 Å². The zero-order valence-corrected chi connectivity index (χ0v) is 12.3. The van der Waals surface area contributed by atoms with Crippen molar-refractivity contribution in [3.8, 4) is 0 Å². The van der Waals surface area contributed by atoms with Gasteiger partial charge in [-0.15, -0.1) is 17.0 Å². The molecule has 0 radical (unpaired) electrons. The average Bonchev–Trinajstić information content (AvgIpc) is 2.89. The smallest absolute Gasteiger partial charge is 0.132 e. The number of benzene rings is 1. The van der Waals surface area contributed by atoms with E-state index in [1.165, 1.54) is 11.3 Å². The van der Waals surface area contributed by atoms with Crippen LogP contribution < -0.4 is 5.73 Å². The monoisotopic (exact) mass is 296 g/mol. The summed E-state index contributed by atoms with van der Waals surface area (Å²) >= 11 is 1.28. The number of aryl methyl sites for hydroxylation is 1. The molecule has 0 aliphatic rings. The second kappa shape index (κ2) is 5.73. The maximum Gasteiger partial charge on any atom is 0.132 e. The minimum atomic E-state index is -3.59. The number of hydrogen-bond donors (Lipinski definition) is 1. The molecule has 1 heterocycles. The van der Waals surface area contributed by atoms with E-state index in [-0.39, 0.29) is 0 Å². The van der Waals surface area contributed by atoms with Gasteiger partial charge < -0.3 is 10.5 Å². The quantitative estimate of drug-likeness (QED) is 0.920. The van der Waals surface area contributed by atoms with Gasteiger partial charge in [0.25, 0.3) is 0 Å². The first-order valence-electron chi connectivity index (χ1n) is 6.00. The van der Waals surface area contributed by atoms with Gasteiger partial charge in [-0.1, -0.05) is 31.2 Å². The molecule has 2 rings (SSSR count). The Morgan fingerprint density at radius 3 is 2.37 bits per heavy atom. The molecular weight excluding hydrogens is 280 g/mol. The fourth-order valence-electron chi connectivity index (χ4n) is 1.59. The van der Waals surface area contributed by atoms with Gasteiger partial charge in [0.1, 0.15) is 14.2 Å². The summed E-state index contributed by atoms with van der Waals surface area (Å²) in [7, 11) is -3.59. The SMILES string of the molecule is CCc1ccc(S(=O)(=O)[N-]c2ccc(C[NH3+])cc2)s1. The summed E-state index contributed by atoms with van der Waals surface area (Å²) in [6, 6.07) is 10.5. The van der Waals surface area contributed by atoms with E-state index in [1.807, 2.05) is 25.1 Å². The molecule has 102 valence electrons. The van der Waals surface area contributed by atoms with Gasteiger partial charge in [0, 0.05) is 10.4 Å². The second-order valence-electron chi connectivity index (χ2n) is 4.06. The molecule has 0 amide bonds. The Morgan fingerprint density at radius 1 is 1.16 bits per heavy atom. The van der Waals surface area contributed by atoms with Gasteiger partial charge in [0.2, 0.25) is 0 Å². The summed E-state index contributed by atoms with van der Waals surface area (Å²) in [4.78, 5) is 1.04. The van der Waals surface area contributed by atoms with Crippen LogP contribution in [0.15, 0.2) is 40.6 Å². The topological polar surface area (TPSA) is 75.9 Å². The molecule has 3 N–H and O–H groups in total. The van der Waals surface area contributed by atoms with Gasteiger partial charge in [-0.3, -0.25) is 0 Å². The Balaban J connectivity index is 2.20. The van der Waals surface area contributed by atoms with Gasteiger partial charge in [0.05, 0.1) is 6.54 Å². The highest BCUT2D eigenvalue weighted by molar-refractivity contribution is 7.96. The lowest BCUT2D eigenvalue weighted by molar-refractivity contribution is -0.386. The van der Waals surface area contributed by atoms with Gasteiger partial charge in [0.15, 0.2) is 0 Å². The van der Waals surface area contributed by atoms with Crippen molar-refractivity contribution >= 4 is 27.0 Å². The number of sulfonamides is 1. The van der Waals surface area contributed by atoms with Crippen LogP contribution in [-0.2, 0) is 23.0 Å². The molecule has 6 heteroatoms. The van der Waals surface area contributed by atoms with Crippen LogP contribution in [0.25, 0.3) is 4.72 Å². The Bertz CT molecular complexity index is 646. The molecule has 0 unspecified atom stereocenters. The van der Waals surface area contributed by atoms with Crippen LogP contribution >= 0.6 is 11.3 Å². The molecule has 1 aromatic carbocycles. The number of quaternary nitrogens is 1. The molecular formula is C13H16N2O2S2. The highest BCUT2D eigenvalue weighted by Crippen LogP contribution is 2.31. The predicted molar refractivity (Wildman–Crippen MR) is 76.9 cm³/mol. The van der Waals surface area contributed by atoms with Crippen molar-refractivity contribution in [3.63, 3.8) is 0 Å². The van der Waals surface area contributed by atoms with Gasteiger partial charge in [-0.05, 0) is 18.6 Å². The van der Waals surface area contributed by atoms with Crippen molar-refractivity contribution in [2.75, 3.05) is 0 Å². The first-order chi connectivity index (χ1) is 9.05. The van der Waals surface area contributed by atoms with E-state index in [1.54, 1.807) is 18.2 Å². The molecule has 19 heavy (non-hydrogen) atoms. The zero-order valence-electron chi connectivity index (χ0n) is 10.7. The Kier molecular flexibility index (Phi) is 4.24. The number of hydrogen-bond acceptors (Lipinski definition) is 3. The summed E-state index contributed by atoms with van der Waals surface area (Å²) in [5.74, 6) is 0. The highest BCUT2D eigenvalue weighted by Gasteiger charge is 2.08. The van der Waals surface area contributed by atoms with E-state index in [2.05, 4.69) is 10.5 Å². The van der Waals surface area contributed by atoms with E-state index in [0.29, 0.717) is 16.4 Å². The zero-order chi connectivity index (χ0) is 13.9. The van der Waals surface area contributed by atoms with Gasteiger partial charge >= 0.3 is 0 Å². The second-order valence-corrected chi connectivity index (χ2v) is 7.06. The molecule has 0 saturated carbocycles. The lowest BCUT2D eigenvalue weighted by Gasteiger charge is -2.20. The molecule has 0 spiro atoms. The minimum Gasteiger partial charge on any atom is -0.572 e. The number of rotatable bonds is 5. The van der Waals surface area contributed by atoms with Crippen LogP contribution in [-0.4, -0.2) is 8.42 Å². The van der Waals surface area contributed by atoms with E-state index in [0.717, 1.165) is 16.9 Å². The predicted octanol–water partition coefficient (Wildman–Crippen LogP) is 2.45. The molecule has 0 aliphatic carbocycles. The van der Waals surface area contributed by atoms with Gasteiger partial charge in [-0.25, -0.2) is 8.42 Å². The molecule has 1 aromatic heterocycles. The van der Waals surface area contributed by atoms with E-state index in [9.17, 15) is 8.42 Å². The van der Waals surface area contributed by atoms with Crippen LogP contribution in [0.3, 0.4) is 0 Å². The van der Waals surface area contributed by atoms with Crippen LogP contribution in [0.4, 0.5) is 5.69 Å². The van der Waals surface area contributed by atoms with E-state index >= 15 is 0 Å². The van der Waals surface area contributed by atoms with Crippen LogP contribution in [0.1, 0.15) is 17.4 Å². The fraction of sp³-hybridized carbons (Fsp3) is 0.231. The Morgan fingerprint density at radius 2 is 1.84 bits per heavy atom. The summed E-state index contributed by atoms with van der Waals surface area (Å²) < 4.78 is 28.4. The van der Waals surface area contributed by atoms with Crippen LogP contribution in [0.5, 0.6) is 0 Å². The van der Waals surface area contributed by atoms with E-state index in [4.69, 9.17) is 0 Å². The van der Waals surface area contributed by atoms with E-state index < -0.39 is 10.0 Å². The summed E-state index contributed by atoms with van der Waals surface area (Å²) in [6.45, 7) is 2.68. The third kappa shape index (κ3) is 3.34. The third-order valence-electron chi connectivity index (χ3n) is 2.69. The normalized spacial score (nSPS) is 11.5. The highest BCUT2D eigenvalue weighted by atomic mass is 32.2. The number of nitrogens with zero attached hydrogens (tertiary/aromatic N) is 1. The minimum absolute atomic E-state index is 0.297. The molecule has 2 aromatic rings. The lowest BCUT2D eigenvalue weighted by atomic mass is 10.2. The molecule has 0 atom stereocenters. The fourth-order valence-corrected chi connectivity index (χ4v) is 3.85. The van der Waals surface area contributed by atoms with Crippen LogP contribution in [0.2, 0.25) is 0 Å². The van der Waals surface area contributed by atoms with Crippen LogP contribution in [0, 0.1) is 0 Å². The maximum absolute atomic E-state index is 12.1. The summed E-state index contributed by atoms with van der Waals surface area (Å²) in [5, 5.41) is 0. The van der Waals surface area contributed by atoms with Crippen molar-refractivity contribution in [2.45, 2.75) is 24.1 Å². The van der Waals surface area contributed by atoms with Crippen molar-refractivity contribution in [1.82, 2.24) is 0 Å². The maximum atomic E-state index is 12.1. The summed E-state index contributed by atoms with van der Waals surface area (Å²) in [5.41, 5.74) is 5.28. The Hall–Kier alpha value is -1.37. The van der Waals surface area contributed by atoms with Crippen molar-refractivity contribution in [1.29, 1.82) is 0 Å². The molecule has 0 fully saturated rings. The molecule has 4 nitrogen and oxygen atoms in total. The third-order valence-corrected chi connectivity index (χ3v) is 5.69. The first kappa shape index (κ1) is 14.0. The average molecular weight is 296 g/mol. The number of thiophene rings is 1. The molecule has 0 aliphatic heterocycles. The lowest BCUT2D eigenvalue weighted by Crippen LogP contribution is -2.47. The standard InChI is InChI=1S/C13H15N2O2S2/c1-2-12-7-8-13(18-12)19(16,17)15-11-5-3-10(9-14)4-6-11/h3-8H,2,9,14H2,1H3/q-1/p+1. The Labute approximate surface area is 117 Å². The molecule has 0 bridgehead atoms. The van der Waals surface area contributed by atoms with Crippen molar-refractivity contribution in [3.05, 3.63) is 51.6 Å². The summed E-state index contributed by atoms with van der Waals surface area (Å²) in [6.07, 6.45) is 0.832. The molecule has 0 saturated heterocycles. The van der Waals surface area contributed by atoms with Crippen molar-refractivity contribution < 1.29 is 14.2 Å².